The van der Waals surface area contributed by atoms with E-state index in [2.05, 4.69) is 17.1 Å². The molecule has 4 aliphatic heterocycles. The van der Waals surface area contributed by atoms with E-state index in [0.29, 0.717) is 5.57 Å². The molecule has 2 fully saturated rings. The molecule has 1 spiro atoms. The topological polar surface area (TPSA) is 77.1 Å². The maximum Gasteiger partial charge on any atom is 0.337 e. The highest BCUT2D eigenvalue weighted by Crippen LogP contribution is 2.54. The molecule has 0 radical (unpaired) electrons. The molecule has 0 saturated carbocycles. The molecule has 29 heavy (non-hydrogen) atoms. The molecule has 0 bridgehead atoms. The van der Waals surface area contributed by atoms with Gasteiger partial charge in [0, 0.05) is 36.2 Å². The Kier molecular flexibility index (Phi) is 4.13. The summed E-state index contributed by atoms with van der Waals surface area (Å²) in [7, 11) is 3.02. The summed E-state index contributed by atoms with van der Waals surface area (Å²) in [4.78, 5) is 28.1. The number of hydrogen-bond acceptors (Lipinski definition) is 6. The van der Waals surface area contributed by atoms with Gasteiger partial charge >= 0.3 is 5.97 Å². The van der Waals surface area contributed by atoms with Gasteiger partial charge in [0.1, 0.15) is 5.75 Å². The SMILES string of the molecule is COC(=O)C1=CO[C@@H](C)[C@@H]2CN3CC[C@@]4(C(=O)Nc5cc(OC)ccc54)[C@@H]3C[C@@H]12. The summed E-state index contributed by atoms with van der Waals surface area (Å²) >= 11 is 0. The minimum atomic E-state index is -0.588. The van der Waals surface area contributed by atoms with E-state index in [-0.39, 0.29) is 35.9 Å². The first-order valence-corrected chi connectivity index (χ1v) is 10.2. The van der Waals surface area contributed by atoms with Crippen LogP contribution < -0.4 is 10.1 Å². The molecule has 154 valence electrons. The number of hydrogen-bond donors (Lipinski definition) is 1. The maximum absolute atomic E-state index is 13.3. The Balaban J connectivity index is 1.54. The van der Waals surface area contributed by atoms with Crippen molar-refractivity contribution in [3.8, 4) is 5.75 Å². The lowest BCUT2D eigenvalue weighted by molar-refractivity contribution is -0.139. The first kappa shape index (κ1) is 18.5. The Morgan fingerprint density at radius 3 is 2.93 bits per heavy atom. The molecule has 1 N–H and O–H groups in total. The molecule has 1 aromatic carbocycles. The van der Waals surface area contributed by atoms with Gasteiger partial charge < -0.3 is 19.5 Å². The highest BCUT2D eigenvalue weighted by molar-refractivity contribution is 6.07. The van der Waals surface area contributed by atoms with E-state index in [9.17, 15) is 9.59 Å². The smallest absolute Gasteiger partial charge is 0.337 e. The molecule has 7 nitrogen and oxygen atoms in total. The van der Waals surface area contributed by atoms with Crippen molar-refractivity contribution < 1.29 is 23.8 Å². The Labute approximate surface area is 170 Å². The van der Waals surface area contributed by atoms with Crippen LogP contribution in [0.25, 0.3) is 0 Å². The quantitative estimate of drug-likeness (QED) is 0.769. The number of methoxy groups -OCH3 is 2. The van der Waals surface area contributed by atoms with E-state index >= 15 is 0 Å². The fourth-order valence-corrected chi connectivity index (χ4v) is 5.93. The zero-order chi connectivity index (χ0) is 20.3. The largest absolute Gasteiger partial charge is 0.497 e. The number of nitrogens with one attached hydrogen (secondary N) is 1. The van der Waals surface area contributed by atoms with Crippen LogP contribution in [0.4, 0.5) is 5.69 Å². The number of rotatable bonds is 2. The summed E-state index contributed by atoms with van der Waals surface area (Å²) in [5.74, 6) is 0.676. The fourth-order valence-electron chi connectivity index (χ4n) is 5.93. The summed E-state index contributed by atoms with van der Waals surface area (Å²) in [5, 5.41) is 3.09. The van der Waals surface area contributed by atoms with Crippen LogP contribution in [0.1, 0.15) is 25.3 Å². The Hall–Kier alpha value is -2.54. The molecule has 1 amide bonds. The number of carbonyl (C=O) groups excluding carboxylic acids is 2. The van der Waals surface area contributed by atoms with Crippen molar-refractivity contribution in [3.05, 3.63) is 35.6 Å². The van der Waals surface area contributed by atoms with Crippen molar-refractivity contribution in [1.29, 1.82) is 0 Å². The summed E-state index contributed by atoms with van der Waals surface area (Å²) < 4.78 is 16.1. The molecule has 4 aliphatic rings. The number of nitrogens with zero attached hydrogens (tertiary/aromatic N) is 1. The average molecular weight is 398 g/mol. The molecule has 5 atom stereocenters. The second-order valence-electron chi connectivity index (χ2n) is 8.51. The van der Waals surface area contributed by atoms with E-state index < -0.39 is 5.41 Å². The molecule has 0 aliphatic carbocycles. The number of fused-ring (bicyclic) bond motifs is 5. The average Bonchev–Trinajstić information content (AvgIpc) is 3.25. The predicted molar refractivity (Wildman–Crippen MR) is 106 cm³/mol. The number of carbonyl (C=O) groups is 2. The van der Waals surface area contributed by atoms with E-state index in [0.717, 1.165) is 42.9 Å². The third-order valence-corrected chi connectivity index (χ3v) is 7.44. The first-order valence-electron chi connectivity index (χ1n) is 10.2. The Morgan fingerprint density at radius 2 is 2.17 bits per heavy atom. The Bertz CT molecular complexity index is 912. The number of benzene rings is 1. The number of anilines is 1. The second-order valence-corrected chi connectivity index (χ2v) is 8.51. The summed E-state index contributed by atoms with van der Waals surface area (Å²) in [6.07, 6.45) is 3.11. The fraction of sp³-hybridized carbons (Fsp3) is 0.545. The van der Waals surface area contributed by atoms with Gasteiger partial charge in [0.25, 0.3) is 0 Å². The van der Waals surface area contributed by atoms with E-state index in [4.69, 9.17) is 14.2 Å². The zero-order valence-electron chi connectivity index (χ0n) is 16.9. The van der Waals surface area contributed by atoms with Gasteiger partial charge in [-0.15, -0.1) is 0 Å². The normalized spacial score (nSPS) is 35.1. The number of piperidine rings is 1. The molecule has 0 aromatic heterocycles. The number of ether oxygens (including phenoxy) is 3. The van der Waals surface area contributed by atoms with Crippen LogP contribution >= 0.6 is 0 Å². The third kappa shape index (κ3) is 2.46. The molecule has 5 rings (SSSR count). The van der Waals surface area contributed by atoms with Crippen LogP contribution in [0.15, 0.2) is 30.0 Å². The molecule has 7 heteroatoms. The number of amides is 1. The van der Waals surface area contributed by atoms with E-state index in [1.165, 1.54) is 7.11 Å². The summed E-state index contributed by atoms with van der Waals surface area (Å²) in [6.45, 7) is 3.72. The molecule has 1 aromatic rings. The van der Waals surface area contributed by atoms with E-state index in [1.54, 1.807) is 13.4 Å². The Morgan fingerprint density at radius 1 is 1.34 bits per heavy atom. The van der Waals surface area contributed by atoms with Gasteiger partial charge in [0.2, 0.25) is 5.91 Å². The maximum atomic E-state index is 13.3. The molecule has 2 saturated heterocycles. The van der Waals surface area contributed by atoms with Crippen molar-refractivity contribution >= 4 is 17.6 Å². The van der Waals surface area contributed by atoms with E-state index in [1.807, 2.05) is 18.2 Å². The second kappa shape index (κ2) is 6.49. The molecular formula is C22H26N2O5. The molecule has 4 heterocycles. The van der Waals surface area contributed by atoms with Gasteiger partial charge in [-0.1, -0.05) is 6.07 Å². The van der Waals surface area contributed by atoms with Gasteiger partial charge in [0.05, 0.1) is 37.6 Å². The van der Waals surface area contributed by atoms with Gasteiger partial charge in [-0.05, 0) is 37.9 Å². The first-order chi connectivity index (χ1) is 14.0. The highest BCUT2D eigenvalue weighted by atomic mass is 16.5. The van der Waals surface area contributed by atoms with Crippen molar-refractivity contribution in [2.24, 2.45) is 11.8 Å². The summed E-state index contributed by atoms with van der Waals surface area (Å²) in [5.41, 5.74) is 1.88. The summed E-state index contributed by atoms with van der Waals surface area (Å²) in [6, 6.07) is 5.88. The van der Waals surface area contributed by atoms with Crippen LogP contribution in [-0.2, 0) is 24.5 Å². The van der Waals surface area contributed by atoms with Gasteiger partial charge in [0.15, 0.2) is 0 Å². The van der Waals surface area contributed by atoms with Crippen molar-refractivity contribution in [2.45, 2.75) is 37.3 Å². The highest BCUT2D eigenvalue weighted by Gasteiger charge is 2.61. The molecule has 0 unspecified atom stereocenters. The van der Waals surface area contributed by atoms with Crippen LogP contribution in [-0.4, -0.2) is 56.2 Å². The zero-order valence-corrected chi connectivity index (χ0v) is 16.9. The van der Waals surface area contributed by atoms with Crippen molar-refractivity contribution in [1.82, 2.24) is 4.90 Å². The predicted octanol–water partition coefficient (Wildman–Crippen LogP) is 2.07. The van der Waals surface area contributed by atoms with Crippen LogP contribution in [0.5, 0.6) is 5.75 Å². The minimum absolute atomic E-state index is 0.0255. The lowest BCUT2D eigenvalue weighted by Crippen LogP contribution is -2.56. The van der Waals surface area contributed by atoms with Crippen LogP contribution in [0.2, 0.25) is 0 Å². The van der Waals surface area contributed by atoms with Crippen LogP contribution in [0, 0.1) is 11.8 Å². The lowest BCUT2D eigenvalue weighted by Gasteiger charge is -2.48. The lowest BCUT2D eigenvalue weighted by atomic mass is 9.66. The standard InChI is InChI=1S/C22H26N2O5/c1-12-15-10-24-7-6-22(17-5-4-13(27-2)8-18(17)23-21(22)26)19(24)9-14(15)16(11-29-12)20(25)28-3/h4-5,8,11-12,14-15,19H,6-7,9-10H2,1-3H3,(H,23,26)/t12-,14+,15-,19-,22-/m0/s1. The van der Waals surface area contributed by atoms with Gasteiger partial charge in [-0.3, -0.25) is 9.69 Å². The van der Waals surface area contributed by atoms with Crippen molar-refractivity contribution in [3.63, 3.8) is 0 Å². The number of esters is 1. The van der Waals surface area contributed by atoms with Crippen molar-refractivity contribution in [2.75, 3.05) is 32.6 Å². The van der Waals surface area contributed by atoms with Crippen LogP contribution in [0.3, 0.4) is 0 Å². The third-order valence-electron chi connectivity index (χ3n) is 7.44. The molecular weight excluding hydrogens is 372 g/mol. The van der Waals surface area contributed by atoms with Gasteiger partial charge in [-0.25, -0.2) is 4.79 Å². The van der Waals surface area contributed by atoms with Gasteiger partial charge in [-0.2, -0.15) is 0 Å². The monoisotopic (exact) mass is 398 g/mol. The minimum Gasteiger partial charge on any atom is -0.497 e.